The molecule has 1 aromatic rings. The predicted molar refractivity (Wildman–Crippen MR) is 68.1 cm³/mol. The molecule has 0 radical (unpaired) electrons. The molecule has 0 aliphatic carbocycles. The van der Waals surface area contributed by atoms with E-state index in [4.69, 9.17) is 10.2 Å². The number of nitrogens with zero attached hydrogens (tertiary/aromatic N) is 1. The molecule has 20 heavy (non-hydrogen) atoms. The van der Waals surface area contributed by atoms with E-state index in [-0.39, 0.29) is 30.7 Å². The molecule has 0 saturated heterocycles. The van der Waals surface area contributed by atoms with Crippen molar-refractivity contribution < 1.29 is 24.7 Å². The zero-order valence-corrected chi connectivity index (χ0v) is 10.5. The highest BCUT2D eigenvalue weighted by molar-refractivity contribution is 5.85. The van der Waals surface area contributed by atoms with Crippen molar-refractivity contribution >= 4 is 17.6 Å². The third kappa shape index (κ3) is 4.32. The third-order valence-corrected chi connectivity index (χ3v) is 2.59. The number of amides is 1. The van der Waals surface area contributed by atoms with Gasteiger partial charge in [-0.15, -0.1) is 0 Å². The zero-order chi connectivity index (χ0) is 15.1. The van der Waals surface area contributed by atoms with Gasteiger partial charge in [0.05, 0.1) is 11.3 Å². The van der Waals surface area contributed by atoms with Crippen LogP contribution in [0.5, 0.6) is 0 Å². The van der Waals surface area contributed by atoms with Crippen molar-refractivity contribution in [3.05, 3.63) is 39.9 Å². The Morgan fingerprint density at radius 1 is 1.35 bits per heavy atom. The Morgan fingerprint density at radius 3 is 2.55 bits per heavy atom. The molecule has 1 rings (SSSR count). The molecule has 1 atom stereocenters. The number of nitrogens with one attached hydrogen (secondary N) is 1. The lowest BCUT2D eigenvalue weighted by molar-refractivity contribution is -0.385. The first kappa shape index (κ1) is 15.6. The van der Waals surface area contributed by atoms with E-state index in [1.807, 2.05) is 0 Å². The standard InChI is InChI=1S/C12H14N2O6/c15-6-5-9(12(17)18)13-11(16)7-8-3-1-2-4-10(8)14(19)20/h1-4,9,15H,5-7H2,(H,13,16)(H,17,18)/t9-/m0/s1. The number of nitro benzene ring substituents is 1. The average molecular weight is 282 g/mol. The summed E-state index contributed by atoms with van der Waals surface area (Å²) in [6, 6.07) is 4.52. The van der Waals surface area contributed by atoms with Crippen LogP contribution < -0.4 is 5.32 Å². The largest absolute Gasteiger partial charge is 0.480 e. The van der Waals surface area contributed by atoms with Crippen molar-refractivity contribution in [1.82, 2.24) is 5.32 Å². The van der Waals surface area contributed by atoms with Crippen LogP contribution in [-0.4, -0.2) is 39.7 Å². The van der Waals surface area contributed by atoms with Crippen molar-refractivity contribution in [3.8, 4) is 0 Å². The van der Waals surface area contributed by atoms with Gasteiger partial charge in [0.25, 0.3) is 5.69 Å². The molecule has 0 unspecified atom stereocenters. The fourth-order valence-corrected chi connectivity index (χ4v) is 1.64. The summed E-state index contributed by atoms with van der Waals surface area (Å²) in [4.78, 5) is 32.7. The van der Waals surface area contributed by atoms with E-state index in [1.54, 1.807) is 6.07 Å². The van der Waals surface area contributed by atoms with Crippen LogP contribution >= 0.6 is 0 Å². The third-order valence-electron chi connectivity index (χ3n) is 2.59. The number of aliphatic hydroxyl groups excluding tert-OH is 1. The van der Waals surface area contributed by atoms with Gasteiger partial charge in [0.15, 0.2) is 0 Å². The highest BCUT2D eigenvalue weighted by Gasteiger charge is 2.21. The smallest absolute Gasteiger partial charge is 0.326 e. The van der Waals surface area contributed by atoms with Crippen molar-refractivity contribution in [3.63, 3.8) is 0 Å². The maximum atomic E-state index is 11.7. The lowest BCUT2D eigenvalue weighted by atomic mass is 10.1. The number of nitro groups is 1. The fourth-order valence-electron chi connectivity index (χ4n) is 1.64. The van der Waals surface area contributed by atoms with Gasteiger partial charge >= 0.3 is 5.97 Å². The van der Waals surface area contributed by atoms with Crippen LogP contribution in [0, 0.1) is 10.1 Å². The van der Waals surface area contributed by atoms with Crippen LogP contribution in [0.2, 0.25) is 0 Å². The molecule has 0 aliphatic rings. The second-order valence-electron chi connectivity index (χ2n) is 4.03. The monoisotopic (exact) mass is 282 g/mol. The van der Waals surface area contributed by atoms with E-state index in [1.165, 1.54) is 18.2 Å². The van der Waals surface area contributed by atoms with Crippen LogP contribution in [0.15, 0.2) is 24.3 Å². The van der Waals surface area contributed by atoms with Gasteiger partial charge < -0.3 is 15.5 Å². The number of hydrogen-bond donors (Lipinski definition) is 3. The Morgan fingerprint density at radius 2 is 2.00 bits per heavy atom. The molecule has 0 aliphatic heterocycles. The second kappa shape index (κ2) is 7.19. The molecule has 0 heterocycles. The summed E-state index contributed by atoms with van der Waals surface area (Å²) < 4.78 is 0. The van der Waals surface area contributed by atoms with Crippen molar-refractivity contribution in [2.24, 2.45) is 0 Å². The van der Waals surface area contributed by atoms with E-state index in [0.29, 0.717) is 0 Å². The molecular formula is C12H14N2O6. The molecule has 3 N–H and O–H groups in total. The number of carbonyl (C=O) groups excluding carboxylic acids is 1. The lowest BCUT2D eigenvalue weighted by Crippen LogP contribution is -2.42. The number of carboxylic acids is 1. The molecule has 108 valence electrons. The number of hydrogen-bond acceptors (Lipinski definition) is 5. The summed E-state index contributed by atoms with van der Waals surface area (Å²) in [5.74, 6) is -1.92. The molecule has 0 bridgehead atoms. The van der Waals surface area contributed by atoms with Gasteiger partial charge in [0.1, 0.15) is 6.04 Å². The van der Waals surface area contributed by atoms with E-state index in [0.717, 1.165) is 0 Å². The van der Waals surface area contributed by atoms with Gasteiger partial charge in [-0.1, -0.05) is 18.2 Å². The van der Waals surface area contributed by atoms with E-state index >= 15 is 0 Å². The number of para-hydroxylation sites is 1. The summed E-state index contributed by atoms with van der Waals surface area (Å²) in [6.45, 7) is -0.386. The maximum Gasteiger partial charge on any atom is 0.326 e. The van der Waals surface area contributed by atoms with Gasteiger partial charge in [0.2, 0.25) is 5.91 Å². The highest BCUT2D eigenvalue weighted by atomic mass is 16.6. The molecule has 0 fully saturated rings. The highest BCUT2D eigenvalue weighted by Crippen LogP contribution is 2.18. The number of benzene rings is 1. The zero-order valence-electron chi connectivity index (χ0n) is 10.5. The minimum Gasteiger partial charge on any atom is -0.480 e. The lowest BCUT2D eigenvalue weighted by Gasteiger charge is -2.13. The molecule has 0 saturated carbocycles. The van der Waals surface area contributed by atoms with Crippen molar-refractivity contribution in [2.75, 3.05) is 6.61 Å². The molecule has 1 amide bonds. The summed E-state index contributed by atoms with van der Waals surface area (Å²) in [7, 11) is 0. The Balaban J connectivity index is 2.76. The van der Waals surface area contributed by atoms with Crippen LogP contribution in [0.25, 0.3) is 0 Å². The van der Waals surface area contributed by atoms with Crippen LogP contribution in [0.3, 0.4) is 0 Å². The minimum atomic E-state index is -1.27. The summed E-state index contributed by atoms with van der Waals surface area (Å²) in [5, 5.41) is 30.5. The van der Waals surface area contributed by atoms with Gasteiger partial charge in [-0.25, -0.2) is 4.79 Å². The predicted octanol–water partition coefficient (Wildman–Crippen LogP) is 0.0891. The number of carboxylic acid groups (broad SMARTS) is 1. The SMILES string of the molecule is O=C(Cc1ccccc1[N+](=O)[O-])N[C@@H](CCO)C(=O)O. The molecule has 8 heteroatoms. The Labute approximate surface area is 114 Å². The number of aliphatic carboxylic acids is 1. The molecule has 0 spiro atoms. The van der Waals surface area contributed by atoms with E-state index in [2.05, 4.69) is 5.32 Å². The quantitative estimate of drug-likeness (QED) is 0.480. The molecule has 1 aromatic carbocycles. The summed E-state index contributed by atoms with van der Waals surface area (Å²) >= 11 is 0. The normalized spacial score (nSPS) is 11.7. The van der Waals surface area contributed by atoms with Crippen LogP contribution in [0.1, 0.15) is 12.0 Å². The second-order valence-corrected chi connectivity index (χ2v) is 4.03. The minimum absolute atomic E-state index is 0.127. The molecule has 8 nitrogen and oxygen atoms in total. The first-order chi connectivity index (χ1) is 9.45. The topological polar surface area (TPSA) is 130 Å². The van der Waals surface area contributed by atoms with Gasteiger partial charge in [-0.3, -0.25) is 14.9 Å². The van der Waals surface area contributed by atoms with Crippen LogP contribution in [0.4, 0.5) is 5.69 Å². The van der Waals surface area contributed by atoms with Crippen molar-refractivity contribution in [2.45, 2.75) is 18.9 Å². The number of rotatable bonds is 7. The summed E-state index contributed by atoms with van der Waals surface area (Å²) in [6.07, 6.45) is -0.426. The van der Waals surface area contributed by atoms with Gasteiger partial charge in [-0.2, -0.15) is 0 Å². The summed E-state index contributed by atoms with van der Waals surface area (Å²) in [5.41, 5.74) is -0.000166. The Bertz CT molecular complexity index is 516. The average Bonchev–Trinajstić information content (AvgIpc) is 2.38. The van der Waals surface area contributed by atoms with E-state index in [9.17, 15) is 19.7 Å². The number of carbonyl (C=O) groups is 2. The van der Waals surface area contributed by atoms with E-state index < -0.39 is 22.8 Å². The Kier molecular flexibility index (Phi) is 5.60. The molecular weight excluding hydrogens is 268 g/mol. The molecule has 0 aromatic heterocycles. The maximum absolute atomic E-state index is 11.7. The number of aliphatic hydroxyl groups is 1. The van der Waals surface area contributed by atoms with Gasteiger partial charge in [0, 0.05) is 24.7 Å². The Hall–Kier alpha value is -2.48. The first-order valence-electron chi connectivity index (χ1n) is 5.81. The first-order valence-corrected chi connectivity index (χ1v) is 5.81. The van der Waals surface area contributed by atoms with Crippen molar-refractivity contribution in [1.29, 1.82) is 0 Å². The fraction of sp³-hybridized carbons (Fsp3) is 0.333. The van der Waals surface area contributed by atoms with Crippen LogP contribution in [-0.2, 0) is 16.0 Å². The van der Waals surface area contributed by atoms with Gasteiger partial charge in [-0.05, 0) is 0 Å².